The van der Waals surface area contributed by atoms with Gasteiger partial charge in [-0.2, -0.15) is 0 Å². The van der Waals surface area contributed by atoms with Crippen LogP contribution in [0.2, 0.25) is 0 Å². The SMILES string of the molecule is Cc1nc(C(=O)N2CCCCCC2/C=C/c2cccs2)ccc1C(=O)O. The molecule has 2 aromatic heterocycles. The summed E-state index contributed by atoms with van der Waals surface area (Å²) in [6.07, 6.45) is 8.28. The predicted molar refractivity (Wildman–Crippen MR) is 103 cm³/mol. The van der Waals surface area contributed by atoms with Crippen molar-refractivity contribution in [3.63, 3.8) is 0 Å². The minimum atomic E-state index is -1.03. The highest BCUT2D eigenvalue weighted by Crippen LogP contribution is 2.22. The number of aryl methyl sites for hydroxylation is 1. The van der Waals surface area contributed by atoms with Crippen molar-refractivity contribution in [1.29, 1.82) is 0 Å². The number of thiophene rings is 1. The number of aromatic carboxylic acids is 1. The molecule has 0 aliphatic carbocycles. The third-order valence-corrected chi connectivity index (χ3v) is 5.46. The van der Waals surface area contributed by atoms with Gasteiger partial charge in [0.25, 0.3) is 5.91 Å². The highest BCUT2D eigenvalue weighted by atomic mass is 32.1. The third-order valence-electron chi connectivity index (χ3n) is 4.62. The van der Waals surface area contributed by atoms with Crippen molar-refractivity contribution in [1.82, 2.24) is 9.88 Å². The Morgan fingerprint density at radius 1 is 1.27 bits per heavy atom. The topological polar surface area (TPSA) is 70.5 Å². The summed E-state index contributed by atoms with van der Waals surface area (Å²) in [6.45, 7) is 2.32. The first-order valence-corrected chi connectivity index (χ1v) is 9.68. The summed E-state index contributed by atoms with van der Waals surface area (Å²) in [5, 5.41) is 11.2. The number of carbonyl (C=O) groups excluding carboxylic acids is 1. The molecule has 26 heavy (non-hydrogen) atoms. The van der Waals surface area contributed by atoms with Crippen LogP contribution in [-0.4, -0.2) is 39.5 Å². The summed E-state index contributed by atoms with van der Waals surface area (Å²) in [4.78, 5) is 31.5. The molecule has 0 bridgehead atoms. The van der Waals surface area contributed by atoms with Crippen LogP contribution in [-0.2, 0) is 0 Å². The van der Waals surface area contributed by atoms with E-state index in [-0.39, 0.29) is 17.5 Å². The summed E-state index contributed by atoms with van der Waals surface area (Å²) in [5.74, 6) is -1.16. The van der Waals surface area contributed by atoms with E-state index in [9.17, 15) is 9.59 Å². The molecule has 1 aliphatic heterocycles. The van der Waals surface area contributed by atoms with Gasteiger partial charge in [0, 0.05) is 11.4 Å². The lowest BCUT2D eigenvalue weighted by Crippen LogP contribution is -2.39. The van der Waals surface area contributed by atoms with Gasteiger partial charge in [0.05, 0.1) is 17.3 Å². The van der Waals surface area contributed by atoms with Crippen LogP contribution in [0.1, 0.15) is 57.1 Å². The van der Waals surface area contributed by atoms with E-state index in [0.29, 0.717) is 17.9 Å². The van der Waals surface area contributed by atoms with Crippen molar-refractivity contribution in [2.45, 2.75) is 38.6 Å². The molecular weight excluding hydrogens is 348 g/mol. The lowest BCUT2D eigenvalue weighted by Gasteiger charge is -2.27. The van der Waals surface area contributed by atoms with Crippen LogP contribution in [0.5, 0.6) is 0 Å². The summed E-state index contributed by atoms with van der Waals surface area (Å²) in [5.41, 5.74) is 0.805. The molecule has 1 saturated heterocycles. The minimum Gasteiger partial charge on any atom is -0.478 e. The Bertz CT molecular complexity index is 814. The summed E-state index contributed by atoms with van der Waals surface area (Å²) >= 11 is 1.67. The molecule has 0 spiro atoms. The molecule has 3 rings (SSSR count). The highest BCUT2D eigenvalue weighted by Gasteiger charge is 2.26. The number of hydrogen-bond acceptors (Lipinski definition) is 4. The Balaban J connectivity index is 1.84. The van der Waals surface area contributed by atoms with Crippen LogP contribution in [0.3, 0.4) is 0 Å². The molecule has 1 atom stereocenters. The van der Waals surface area contributed by atoms with Crippen LogP contribution in [0, 0.1) is 6.92 Å². The smallest absolute Gasteiger partial charge is 0.337 e. The van der Waals surface area contributed by atoms with Gasteiger partial charge in [-0.3, -0.25) is 4.79 Å². The van der Waals surface area contributed by atoms with E-state index in [1.54, 1.807) is 18.3 Å². The second-order valence-corrected chi connectivity index (χ2v) is 7.40. The summed E-state index contributed by atoms with van der Waals surface area (Å²) in [7, 11) is 0. The quantitative estimate of drug-likeness (QED) is 0.873. The summed E-state index contributed by atoms with van der Waals surface area (Å²) in [6, 6.07) is 7.08. The van der Waals surface area contributed by atoms with E-state index in [2.05, 4.69) is 23.2 Å². The molecule has 1 unspecified atom stereocenters. The monoisotopic (exact) mass is 370 g/mol. The molecule has 6 heteroatoms. The van der Waals surface area contributed by atoms with Crippen LogP contribution in [0.15, 0.2) is 35.7 Å². The van der Waals surface area contributed by atoms with E-state index < -0.39 is 5.97 Å². The Morgan fingerprint density at radius 2 is 2.12 bits per heavy atom. The zero-order valence-corrected chi connectivity index (χ0v) is 15.5. The van der Waals surface area contributed by atoms with Gasteiger partial charge >= 0.3 is 5.97 Å². The van der Waals surface area contributed by atoms with Crippen LogP contribution < -0.4 is 0 Å². The second kappa shape index (κ2) is 8.27. The van der Waals surface area contributed by atoms with Gasteiger partial charge in [-0.15, -0.1) is 11.3 Å². The van der Waals surface area contributed by atoms with Gasteiger partial charge in [-0.25, -0.2) is 9.78 Å². The van der Waals surface area contributed by atoms with E-state index in [4.69, 9.17) is 5.11 Å². The first kappa shape index (κ1) is 18.3. The Hall–Kier alpha value is -2.47. The molecule has 1 amide bonds. The number of pyridine rings is 1. The molecular formula is C20H22N2O3S. The van der Waals surface area contributed by atoms with Crippen molar-refractivity contribution in [3.8, 4) is 0 Å². The number of nitrogens with zero attached hydrogens (tertiary/aromatic N) is 2. The highest BCUT2D eigenvalue weighted by molar-refractivity contribution is 7.10. The maximum Gasteiger partial charge on any atom is 0.337 e. The van der Waals surface area contributed by atoms with E-state index in [1.807, 2.05) is 16.3 Å². The number of amides is 1. The summed E-state index contributed by atoms with van der Waals surface area (Å²) < 4.78 is 0. The van der Waals surface area contributed by atoms with Crippen molar-refractivity contribution < 1.29 is 14.7 Å². The molecule has 3 heterocycles. The molecule has 0 saturated carbocycles. The van der Waals surface area contributed by atoms with Gasteiger partial charge in [-0.1, -0.05) is 25.0 Å². The van der Waals surface area contributed by atoms with Crippen LogP contribution in [0.4, 0.5) is 0 Å². The number of likely N-dealkylation sites (tertiary alicyclic amines) is 1. The Morgan fingerprint density at radius 3 is 2.81 bits per heavy atom. The van der Waals surface area contributed by atoms with E-state index in [0.717, 1.165) is 25.7 Å². The van der Waals surface area contributed by atoms with Crippen molar-refractivity contribution in [2.75, 3.05) is 6.54 Å². The first-order valence-electron chi connectivity index (χ1n) is 8.80. The number of carboxylic acid groups (broad SMARTS) is 1. The van der Waals surface area contributed by atoms with E-state index in [1.165, 1.54) is 17.0 Å². The zero-order valence-electron chi connectivity index (χ0n) is 14.7. The standard InChI is InChI=1S/C20H22N2O3S/c1-14-17(20(24)25)10-11-18(21-14)19(23)22-12-4-2-3-6-15(22)8-9-16-7-5-13-26-16/h5,7-11,13,15H,2-4,6,12H2,1H3,(H,24,25)/b9-8+. The molecule has 136 valence electrons. The van der Waals surface area contributed by atoms with Crippen molar-refractivity contribution in [2.24, 2.45) is 0 Å². The molecule has 1 fully saturated rings. The number of rotatable bonds is 4. The fourth-order valence-electron chi connectivity index (χ4n) is 3.23. The second-order valence-electron chi connectivity index (χ2n) is 6.42. The first-order chi connectivity index (χ1) is 12.6. The maximum atomic E-state index is 13.0. The average Bonchev–Trinajstić information content (AvgIpc) is 3.03. The number of carboxylic acids is 1. The normalized spacial score (nSPS) is 18.0. The van der Waals surface area contributed by atoms with Gasteiger partial charge in [0.15, 0.2) is 0 Å². The fourth-order valence-corrected chi connectivity index (χ4v) is 3.86. The molecule has 1 N–H and O–H groups in total. The number of hydrogen-bond donors (Lipinski definition) is 1. The molecule has 5 nitrogen and oxygen atoms in total. The largest absolute Gasteiger partial charge is 0.478 e. The van der Waals surface area contributed by atoms with Gasteiger partial charge in [0.1, 0.15) is 5.69 Å². The minimum absolute atomic E-state index is 0.0355. The maximum absolute atomic E-state index is 13.0. The average molecular weight is 370 g/mol. The Kier molecular flexibility index (Phi) is 5.83. The Labute approximate surface area is 157 Å². The van der Waals surface area contributed by atoms with Gasteiger partial charge < -0.3 is 10.0 Å². The molecule has 0 aromatic carbocycles. The fraction of sp³-hybridized carbons (Fsp3) is 0.350. The lowest BCUT2D eigenvalue weighted by atomic mass is 10.1. The predicted octanol–water partition coefficient (Wildman–Crippen LogP) is 4.25. The van der Waals surface area contributed by atoms with Crippen molar-refractivity contribution >= 4 is 29.3 Å². The number of aromatic nitrogens is 1. The van der Waals surface area contributed by atoms with Crippen molar-refractivity contribution in [3.05, 3.63) is 57.6 Å². The molecule has 0 radical (unpaired) electrons. The van der Waals surface area contributed by atoms with E-state index >= 15 is 0 Å². The van der Waals surface area contributed by atoms with Gasteiger partial charge in [0.2, 0.25) is 0 Å². The lowest BCUT2D eigenvalue weighted by molar-refractivity contribution is 0.0686. The molecule has 2 aromatic rings. The van der Waals surface area contributed by atoms with Crippen LogP contribution in [0.25, 0.3) is 6.08 Å². The number of carbonyl (C=O) groups is 2. The third kappa shape index (κ3) is 4.19. The van der Waals surface area contributed by atoms with Gasteiger partial charge in [-0.05, 0) is 49.4 Å². The van der Waals surface area contributed by atoms with Crippen LogP contribution >= 0.6 is 11.3 Å². The zero-order chi connectivity index (χ0) is 18.5. The molecule has 1 aliphatic rings.